The van der Waals surface area contributed by atoms with Gasteiger partial charge >= 0.3 is 6.18 Å². The molecule has 0 aromatic heterocycles. The van der Waals surface area contributed by atoms with Crippen molar-refractivity contribution in [3.8, 4) is 11.5 Å². The first-order valence-electron chi connectivity index (χ1n) is 5.49. The number of hydrogen-bond donors (Lipinski definition) is 0. The van der Waals surface area contributed by atoms with Crippen molar-refractivity contribution < 1.29 is 17.9 Å². The summed E-state index contributed by atoms with van der Waals surface area (Å²) >= 11 is 3.06. The van der Waals surface area contributed by atoms with Crippen LogP contribution in [-0.4, -0.2) is 0 Å². The number of alkyl halides is 4. The van der Waals surface area contributed by atoms with Gasteiger partial charge in [0, 0.05) is 5.33 Å². The maximum Gasteiger partial charge on any atom is 0.416 e. The van der Waals surface area contributed by atoms with Crippen LogP contribution in [0.5, 0.6) is 11.5 Å². The largest absolute Gasteiger partial charge is 0.457 e. The van der Waals surface area contributed by atoms with Crippen molar-refractivity contribution in [2.45, 2.75) is 11.5 Å². The topological polar surface area (TPSA) is 9.23 Å². The zero-order valence-electron chi connectivity index (χ0n) is 9.75. The summed E-state index contributed by atoms with van der Waals surface area (Å²) in [5.74, 6) is 0.969. The van der Waals surface area contributed by atoms with Gasteiger partial charge in [0.05, 0.1) is 5.56 Å². The van der Waals surface area contributed by atoms with Gasteiger partial charge in [0.1, 0.15) is 11.5 Å². The highest BCUT2D eigenvalue weighted by atomic mass is 79.9. The zero-order chi connectivity index (χ0) is 13.9. The summed E-state index contributed by atoms with van der Waals surface area (Å²) in [6, 6.07) is 12.7. The van der Waals surface area contributed by atoms with Crippen LogP contribution in [0.4, 0.5) is 13.2 Å². The lowest BCUT2D eigenvalue weighted by Crippen LogP contribution is -2.08. The van der Waals surface area contributed by atoms with Crippen LogP contribution in [0.15, 0.2) is 48.5 Å². The standard InChI is InChI=1S/C14H10BrF3O/c15-9-10-8-12(6-7-13(10)14(16,17)18)19-11-4-2-1-3-5-11/h1-8H,9H2. The first kappa shape index (κ1) is 13.9. The molecule has 5 heteroatoms. The number of benzene rings is 2. The van der Waals surface area contributed by atoms with E-state index < -0.39 is 11.7 Å². The van der Waals surface area contributed by atoms with Gasteiger partial charge in [-0.25, -0.2) is 0 Å². The van der Waals surface area contributed by atoms with Crippen LogP contribution in [0.3, 0.4) is 0 Å². The maximum absolute atomic E-state index is 12.7. The van der Waals surface area contributed by atoms with Crippen LogP contribution in [-0.2, 0) is 11.5 Å². The fourth-order valence-corrected chi connectivity index (χ4v) is 2.11. The Kier molecular flexibility index (Phi) is 4.14. The van der Waals surface area contributed by atoms with Crippen molar-refractivity contribution in [1.29, 1.82) is 0 Å². The Morgan fingerprint density at radius 1 is 0.947 bits per heavy atom. The fraction of sp³-hybridized carbons (Fsp3) is 0.143. The van der Waals surface area contributed by atoms with Gasteiger partial charge in [-0.05, 0) is 35.9 Å². The van der Waals surface area contributed by atoms with E-state index in [1.54, 1.807) is 24.3 Å². The van der Waals surface area contributed by atoms with Gasteiger partial charge in [-0.3, -0.25) is 0 Å². The molecule has 0 amide bonds. The molecular weight excluding hydrogens is 321 g/mol. The predicted molar refractivity (Wildman–Crippen MR) is 70.6 cm³/mol. The Labute approximate surface area is 117 Å². The van der Waals surface area contributed by atoms with Crippen LogP contribution in [0.1, 0.15) is 11.1 Å². The van der Waals surface area contributed by atoms with E-state index in [9.17, 15) is 13.2 Å². The molecule has 100 valence electrons. The Morgan fingerprint density at radius 2 is 1.63 bits per heavy atom. The molecule has 2 aromatic carbocycles. The third-order valence-electron chi connectivity index (χ3n) is 2.50. The minimum atomic E-state index is -4.35. The van der Waals surface area contributed by atoms with Gasteiger partial charge in [-0.15, -0.1) is 0 Å². The molecule has 0 bridgehead atoms. The molecule has 1 nitrogen and oxygen atoms in total. The van der Waals surface area contributed by atoms with Crippen LogP contribution in [0.2, 0.25) is 0 Å². The summed E-state index contributed by atoms with van der Waals surface area (Å²) in [5, 5.41) is 0.119. The number of para-hydroxylation sites is 1. The maximum atomic E-state index is 12.7. The summed E-state index contributed by atoms with van der Waals surface area (Å²) < 4.78 is 43.7. The highest BCUT2D eigenvalue weighted by Crippen LogP contribution is 2.35. The van der Waals surface area contributed by atoms with E-state index in [-0.39, 0.29) is 10.9 Å². The van der Waals surface area contributed by atoms with E-state index in [0.29, 0.717) is 11.5 Å². The molecule has 0 heterocycles. The smallest absolute Gasteiger partial charge is 0.416 e. The molecule has 2 rings (SSSR count). The summed E-state index contributed by atoms with van der Waals surface area (Å²) in [6.07, 6.45) is -4.35. The van der Waals surface area contributed by atoms with E-state index in [4.69, 9.17) is 4.74 Å². The van der Waals surface area contributed by atoms with Gasteiger partial charge in [-0.1, -0.05) is 34.1 Å². The summed E-state index contributed by atoms with van der Waals surface area (Å²) in [6.45, 7) is 0. The second-order valence-corrected chi connectivity index (χ2v) is 4.43. The molecule has 0 saturated heterocycles. The Morgan fingerprint density at radius 3 is 2.21 bits per heavy atom. The van der Waals surface area contributed by atoms with Crippen LogP contribution in [0.25, 0.3) is 0 Å². The third kappa shape index (κ3) is 3.50. The normalized spacial score (nSPS) is 11.4. The number of hydrogen-bond acceptors (Lipinski definition) is 1. The van der Waals surface area contributed by atoms with Crippen molar-refractivity contribution >= 4 is 15.9 Å². The molecule has 0 aliphatic heterocycles. The van der Waals surface area contributed by atoms with E-state index in [1.807, 2.05) is 6.07 Å². The fourth-order valence-electron chi connectivity index (χ4n) is 1.65. The van der Waals surface area contributed by atoms with Gasteiger partial charge in [0.25, 0.3) is 0 Å². The second-order valence-electron chi connectivity index (χ2n) is 3.87. The van der Waals surface area contributed by atoms with E-state index >= 15 is 0 Å². The highest BCUT2D eigenvalue weighted by molar-refractivity contribution is 9.08. The van der Waals surface area contributed by atoms with Crippen molar-refractivity contribution in [2.75, 3.05) is 0 Å². The first-order valence-corrected chi connectivity index (χ1v) is 6.62. The Balaban J connectivity index is 2.30. The monoisotopic (exact) mass is 330 g/mol. The minimum Gasteiger partial charge on any atom is -0.457 e. The summed E-state index contributed by atoms with van der Waals surface area (Å²) in [4.78, 5) is 0. The van der Waals surface area contributed by atoms with Crippen LogP contribution < -0.4 is 4.74 Å². The van der Waals surface area contributed by atoms with Crippen LogP contribution in [0, 0.1) is 0 Å². The highest BCUT2D eigenvalue weighted by Gasteiger charge is 2.33. The molecule has 19 heavy (non-hydrogen) atoms. The SMILES string of the molecule is FC(F)(F)c1ccc(Oc2ccccc2)cc1CBr. The number of ether oxygens (including phenoxy) is 1. The first-order chi connectivity index (χ1) is 9.00. The van der Waals surface area contributed by atoms with Gasteiger partial charge in [0.15, 0.2) is 0 Å². The third-order valence-corrected chi connectivity index (χ3v) is 3.11. The van der Waals surface area contributed by atoms with Crippen molar-refractivity contribution in [3.63, 3.8) is 0 Å². The average molecular weight is 331 g/mol. The average Bonchev–Trinajstić information content (AvgIpc) is 2.38. The molecule has 0 atom stereocenters. The molecular formula is C14H10BrF3O. The van der Waals surface area contributed by atoms with Crippen molar-refractivity contribution in [1.82, 2.24) is 0 Å². The predicted octanol–water partition coefficient (Wildman–Crippen LogP) is 5.39. The molecule has 0 spiro atoms. The second kappa shape index (κ2) is 5.65. The lowest BCUT2D eigenvalue weighted by atomic mass is 10.1. The molecule has 0 saturated carbocycles. The molecule has 0 aliphatic carbocycles. The molecule has 0 radical (unpaired) electrons. The van der Waals surface area contributed by atoms with Gasteiger partial charge in [0.2, 0.25) is 0 Å². The lowest BCUT2D eigenvalue weighted by Gasteiger charge is -2.13. The van der Waals surface area contributed by atoms with Gasteiger partial charge in [-0.2, -0.15) is 13.2 Å². The summed E-state index contributed by atoms with van der Waals surface area (Å²) in [7, 11) is 0. The minimum absolute atomic E-state index is 0.119. The van der Waals surface area contributed by atoms with Crippen molar-refractivity contribution in [3.05, 3.63) is 59.7 Å². The molecule has 2 aromatic rings. The molecule has 0 N–H and O–H groups in total. The summed E-state index contributed by atoms with van der Waals surface area (Å²) in [5.41, 5.74) is -0.495. The van der Waals surface area contributed by atoms with E-state index in [0.717, 1.165) is 6.07 Å². The van der Waals surface area contributed by atoms with Crippen LogP contribution >= 0.6 is 15.9 Å². The molecule has 0 unspecified atom stereocenters. The van der Waals surface area contributed by atoms with Gasteiger partial charge < -0.3 is 4.74 Å². The quantitative estimate of drug-likeness (QED) is 0.685. The lowest BCUT2D eigenvalue weighted by molar-refractivity contribution is -0.138. The molecule has 0 aliphatic rings. The number of rotatable bonds is 3. The zero-order valence-corrected chi connectivity index (χ0v) is 11.3. The molecule has 0 fully saturated rings. The van der Waals surface area contributed by atoms with E-state index in [1.165, 1.54) is 12.1 Å². The number of halogens is 4. The Bertz CT molecular complexity index is 552. The van der Waals surface area contributed by atoms with Crippen molar-refractivity contribution in [2.24, 2.45) is 0 Å². The van der Waals surface area contributed by atoms with E-state index in [2.05, 4.69) is 15.9 Å². The Hall–Kier alpha value is -1.49.